The zero-order valence-electron chi connectivity index (χ0n) is 9.00. The lowest BCUT2D eigenvalue weighted by molar-refractivity contribution is -0.310. The Morgan fingerprint density at radius 1 is 0.875 bits per heavy atom. The van der Waals surface area contributed by atoms with Gasteiger partial charge >= 0.3 is 0 Å². The molecule has 1 nitrogen and oxygen atoms in total. The molecule has 1 N–H and O–H groups in total. The number of hydrogen-bond acceptors (Lipinski definition) is 0. The second-order valence-corrected chi connectivity index (χ2v) is 3.89. The number of para-hydroxylation sites is 1. The maximum atomic E-state index is 3.45. The van der Waals surface area contributed by atoms with Gasteiger partial charge in [-0.05, 0) is 24.6 Å². The van der Waals surface area contributed by atoms with E-state index >= 15 is 0 Å². The lowest BCUT2D eigenvalue weighted by Crippen LogP contribution is -3.00. The summed E-state index contributed by atoms with van der Waals surface area (Å²) >= 11 is 0. The van der Waals surface area contributed by atoms with E-state index in [1.165, 1.54) is 27.4 Å². The van der Waals surface area contributed by atoms with Crippen LogP contribution < -0.4 is 29.0 Å². The molecule has 16 heavy (non-hydrogen) atoms. The Bertz CT molecular complexity index is 646. The summed E-state index contributed by atoms with van der Waals surface area (Å²) in [6, 6.07) is 17.0. The fourth-order valence-corrected chi connectivity index (χ4v) is 2.02. The van der Waals surface area contributed by atoms with Gasteiger partial charge in [-0.25, -0.2) is 4.98 Å². The zero-order valence-corrected chi connectivity index (χ0v) is 11.2. The number of pyridine rings is 1. The molecule has 0 unspecified atom stereocenters. The van der Waals surface area contributed by atoms with Crippen LogP contribution >= 0.6 is 0 Å². The number of benzene rings is 2. The van der Waals surface area contributed by atoms with Gasteiger partial charge in [0, 0.05) is 22.9 Å². The lowest BCUT2D eigenvalue weighted by Gasteiger charge is -1.98. The highest BCUT2D eigenvalue weighted by molar-refractivity contribution is 5.89. The average Bonchev–Trinajstić information content (AvgIpc) is 2.27. The minimum absolute atomic E-state index is 0. The number of nitrogens with one attached hydrogen (secondary N) is 1. The van der Waals surface area contributed by atoms with Crippen LogP contribution in [0.1, 0.15) is 5.56 Å². The highest BCUT2D eigenvalue weighted by Crippen LogP contribution is 2.18. The second-order valence-electron chi connectivity index (χ2n) is 3.89. The largest absolute Gasteiger partial charge is 1.00 e. The van der Waals surface area contributed by atoms with E-state index in [1.54, 1.807) is 0 Å². The number of aromatic nitrogens is 1. The summed E-state index contributed by atoms with van der Waals surface area (Å²) in [5.74, 6) is 0. The third-order valence-corrected chi connectivity index (χ3v) is 2.85. The van der Waals surface area contributed by atoms with E-state index in [9.17, 15) is 0 Å². The summed E-state index contributed by atoms with van der Waals surface area (Å²) in [5, 5.41) is 2.57. The number of aromatic amines is 1. The van der Waals surface area contributed by atoms with E-state index in [2.05, 4.69) is 60.4 Å². The molecule has 0 atom stereocenters. The summed E-state index contributed by atoms with van der Waals surface area (Å²) in [7, 11) is 0. The van der Waals surface area contributed by atoms with E-state index in [0.717, 1.165) is 0 Å². The fraction of sp³-hybridized carbons (Fsp3) is 0.0714. The van der Waals surface area contributed by atoms with Crippen molar-refractivity contribution in [3.63, 3.8) is 0 Å². The normalized spacial score (nSPS) is 10.3. The molecular weight excluding hydrogens is 309 g/mol. The molecule has 0 amide bonds. The Balaban J connectivity index is 0.000000963. The van der Waals surface area contributed by atoms with Crippen LogP contribution in [-0.4, -0.2) is 0 Å². The van der Waals surface area contributed by atoms with Crippen LogP contribution in [0.2, 0.25) is 0 Å². The molecule has 0 aliphatic carbocycles. The molecule has 0 fully saturated rings. The molecule has 2 aromatic carbocycles. The van der Waals surface area contributed by atoms with Gasteiger partial charge in [0.05, 0.1) is 0 Å². The van der Waals surface area contributed by atoms with Gasteiger partial charge in [-0.1, -0.05) is 24.3 Å². The third-order valence-electron chi connectivity index (χ3n) is 2.85. The van der Waals surface area contributed by atoms with Gasteiger partial charge < -0.3 is 24.0 Å². The molecule has 0 radical (unpaired) electrons. The molecule has 0 saturated heterocycles. The van der Waals surface area contributed by atoms with Crippen LogP contribution in [0.3, 0.4) is 0 Å². The highest BCUT2D eigenvalue weighted by Gasteiger charge is 2.05. The van der Waals surface area contributed by atoms with Crippen LogP contribution in [0.15, 0.2) is 48.5 Å². The quantitative estimate of drug-likeness (QED) is 0.413. The SMILES string of the molecule is Cc1cccc2[nH+]c3ccccc3cc12.[I-]. The predicted molar refractivity (Wildman–Crippen MR) is 62.7 cm³/mol. The van der Waals surface area contributed by atoms with Gasteiger partial charge in [-0.3, -0.25) is 0 Å². The minimum Gasteiger partial charge on any atom is -1.00 e. The highest BCUT2D eigenvalue weighted by atomic mass is 127. The molecule has 1 heterocycles. The van der Waals surface area contributed by atoms with E-state index in [0.29, 0.717) is 0 Å². The van der Waals surface area contributed by atoms with Crippen LogP contribution in [-0.2, 0) is 0 Å². The van der Waals surface area contributed by atoms with E-state index < -0.39 is 0 Å². The van der Waals surface area contributed by atoms with Crippen molar-refractivity contribution in [2.45, 2.75) is 6.92 Å². The van der Waals surface area contributed by atoms with Crippen LogP contribution in [0.4, 0.5) is 0 Å². The number of aryl methyl sites for hydroxylation is 1. The van der Waals surface area contributed by atoms with Crippen LogP contribution in [0.25, 0.3) is 21.8 Å². The number of halogens is 1. The van der Waals surface area contributed by atoms with Crippen molar-refractivity contribution in [2.75, 3.05) is 0 Å². The maximum absolute atomic E-state index is 3.45. The van der Waals surface area contributed by atoms with Gasteiger partial charge in [0.15, 0.2) is 0 Å². The Morgan fingerprint density at radius 3 is 2.50 bits per heavy atom. The number of rotatable bonds is 0. The smallest absolute Gasteiger partial charge is 0.211 e. The van der Waals surface area contributed by atoms with Gasteiger partial charge in [0.25, 0.3) is 0 Å². The van der Waals surface area contributed by atoms with Crippen molar-refractivity contribution >= 4 is 21.8 Å². The maximum Gasteiger partial charge on any atom is 0.211 e. The number of H-pyrrole nitrogens is 1. The monoisotopic (exact) mass is 321 g/mol. The van der Waals surface area contributed by atoms with Gasteiger partial charge in [-0.15, -0.1) is 0 Å². The first-order chi connectivity index (χ1) is 7.34. The summed E-state index contributed by atoms with van der Waals surface area (Å²) in [6.45, 7) is 2.14. The summed E-state index contributed by atoms with van der Waals surface area (Å²) in [6.07, 6.45) is 0. The second kappa shape index (κ2) is 4.37. The van der Waals surface area contributed by atoms with E-state index in [-0.39, 0.29) is 24.0 Å². The number of fused-ring (bicyclic) bond motifs is 2. The molecule has 0 bridgehead atoms. The standard InChI is InChI=1S/C14H11N.HI/c1-10-5-4-8-14-12(10)9-11-6-2-3-7-13(11)15-14;/h2-9H,1H3;1H. The zero-order chi connectivity index (χ0) is 10.3. The van der Waals surface area contributed by atoms with Crippen molar-refractivity contribution in [2.24, 2.45) is 0 Å². The Labute approximate surface area is 112 Å². The first-order valence-corrected chi connectivity index (χ1v) is 5.15. The molecule has 0 spiro atoms. The molecule has 3 rings (SSSR count). The molecule has 1 aromatic heterocycles. The Hall–Kier alpha value is -1.16. The van der Waals surface area contributed by atoms with Gasteiger partial charge in [-0.2, -0.15) is 0 Å². The van der Waals surface area contributed by atoms with Crippen molar-refractivity contribution in [3.05, 3.63) is 54.1 Å². The minimum atomic E-state index is 0. The summed E-state index contributed by atoms with van der Waals surface area (Å²) in [5.41, 5.74) is 3.71. The van der Waals surface area contributed by atoms with Crippen molar-refractivity contribution < 1.29 is 29.0 Å². The first-order valence-electron chi connectivity index (χ1n) is 5.15. The Kier molecular flexibility index (Phi) is 3.10. The molecule has 2 heteroatoms. The molecular formula is C14H12IN. The summed E-state index contributed by atoms with van der Waals surface area (Å²) in [4.78, 5) is 3.45. The average molecular weight is 321 g/mol. The van der Waals surface area contributed by atoms with E-state index in [1.807, 2.05) is 0 Å². The third kappa shape index (κ3) is 1.78. The van der Waals surface area contributed by atoms with Gasteiger partial charge in [0.1, 0.15) is 0 Å². The predicted octanol–water partition coefficient (Wildman–Crippen LogP) is 0.120. The summed E-state index contributed by atoms with van der Waals surface area (Å²) < 4.78 is 0. The molecule has 0 aliphatic rings. The lowest BCUT2D eigenvalue weighted by atomic mass is 10.1. The van der Waals surface area contributed by atoms with Crippen LogP contribution in [0, 0.1) is 6.92 Å². The molecule has 3 aromatic rings. The fourth-order valence-electron chi connectivity index (χ4n) is 2.02. The molecule has 0 aliphatic heterocycles. The number of hydrogen-bond donors (Lipinski definition) is 0. The van der Waals surface area contributed by atoms with Crippen molar-refractivity contribution in [1.82, 2.24) is 0 Å². The van der Waals surface area contributed by atoms with Crippen LogP contribution in [0.5, 0.6) is 0 Å². The molecule has 80 valence electrons. The Morgan fingerprint density at radius 2 is 1.62 bits per heavy atom. The van der Waals surface area contributed by atoms with Crippen molar-refractivity contribution in [1.29, 1.82) is 0 Å². The van der Waals surface area contributed by atoms with Gasteiger partial charge in [0.2, 0.25) is 11.0 Å². The van der Waals surface area contributed by atoms with E-state index in [4.69, 9.17) is 0 Å². The van der Waals surface area contributed by atoms with Crippen molar-refractivity contribution in [3.8, 4) is 0 Å². The molecule has 0 saturated carbocycles. The topological polar surface area (TPSA) is 14.1 Å². The first kappa shape index (κ1) is 11.3.